The summed E-state index contributed by atoms with van der Waals surface area (Å²) in [7, 11) is 0. The van der Waals surface area contributed by atoms with Gasteiger partial charge in [0.05, 0.1) is 22.7 Å². The van der Waals surface area contributed by atoms with E-state index in [9.17, 15) is 5.26 Å². The van der Waals surface area contributed by atoms with Crippen LogP contribution in [0.5, 0.6) is 11.5 Å². The Bertz CT molecular complexity index is 1110. The van der Waals surface area contributed by atoms with Crippen molar-refractivity contribution in [3.05, 3.63) is 91.3 Å². The van der Waals surface area contributed by atoms with Gasteiger partial charge in [-0.25, -0.2) is 0 Å². The van der Waals surface area contributed by atoms with Crippen LogP contribution in [0.3, 0.4) is 0 Å². The lowest BCUT2D eigenvalue weighted by atomic mass is 10.0. The van der Waals surface area contributed by atoms with E-state index in [2.05, 4.69) is 37.9 Å². The fourth-order valence-corrected chi connectivity index (χ4v) is 3.90. The summed E-state index contributed by atoms with van der Waals surface area (Å²) in [5.74, 6) is 1.22. The standard InChI is InChI=1S/C24H18Br2ClNO2/c1-2-29-23-13-17(11-18(14-28)20-5-3-4-6-22(20)27)12-21(26)24(23)30-15-16-7-9-19(25)10-8-16/h3-13H,2,15H2,1H3. The lowest BCUT2D eigenvalue weighted by Crippen LogP contribution is -2.01. The molecule has 152 valence electrons. The first-order chi connectivity index (χ1) is 14.5. The average Bonchev–Trinajstić information content (AvgIpc) is 2.73. The van der Waals surface area contributed by atoms with E-state index in [1.54, 1.807) is 12.1 Å². The molecule has 0 fully saturated rings. The number of hydrogen-bond acceptors (Lipinski definition) is 3. The zero-order valence-electron chi connectivity index (χ0n) is 16.2. The van der Waals surface area contributed by atoms with Crippen molar-refractivity contribution >= 4 is 55.1 Å². The van der Waals surface area contributed by atoms with Gasteiger partial charge in [0.1, 0.15) is 6.61 Å². The van der Waals surface area contributed by atoms with E-state index in [1.165, 1.54) is 0 Å². The smallest absolute Gasteiger partial charge is 0.175 e. The number of nitrogens with zero attached hydrogens (tertiary/aromatic N) is 1. The van der Waals surface area contributed by atoms with Crippen LogP contribution in [0.2, 0.25) is 5.02 Å². The third-order valence-electron chi connectivity index (χ3n) is 4.22. The zero-order chi connectivity index (χ0) is 21.5. The van der Waals surface area contributed by atoms with Crippen LogP contribution in [-0.4, -0.2) is 6.61 Å². The number of hydrogen-bond donors (Lipinski definition) is 0. The van der Waals surface area contributed by atoms with Crippen molar-refractivity contribution in [1.29, 1.82) is 5.26 Å². The highest BCUT2D eigenvalue weighted by Gasteiger charge is 2.13. The van der Waals surface area contributed by atoms with Gasteiger partial charge in [-0.3, -0.25) is 0 Å². The number of halogens is 3. The first kappa shape index (κ1) is 22.4. The fourth-order valence-electron chi connectivity index (χ4n) is 2.83. The molecule has 0 unspecified atom stereocenters. The minimum absolute atomic E-state index is 0.407. The summed E-state index contributed by atoms with van der Waals surface area (Å²) in [6, 6.07) is 21.2. The molecular weight excluding hydrogens is 530 g/mol. The maximum atomic E-state index is 9.64. The molecule has 0 amide bonds. The van der Waals surface area contributed by atoms with E-state index in [-0.39, 0.29) is 0 Å². The largest absolute Gasteiger partial charge is 0.490 e. The Kier molecular flexibility index (Phi) is 7.98. The monoisotopic (exact) mass is 545 g/mol. The van der Waals surface area contributed by atoms with Gasteiger partial charge >= 0.3 is 0 Å². The third-order valence-corrected chi connectivity index (χ3v) is 5.67. The lowest BCUT2D eigenvalue weighted by molar-refractivity contribution is 0.267. The average molecular weight is 548 g/mol. The van der Waals surface area contributed by atoms with Crippen molar-refractivity contribution < 1.29 is 9.47 Å². The molecule has 6 heteroatoms. The first-order valence-electron chi connectivity index (χ1n) is 9.22. The van der Waals surface area contributed by atoms with Gasteiger partial charge < -0.3 is 9.47 Å². The molecule has 0 saturated carbocycles. The molecule has 0 aromatic heterocycles. The zero-order valence-corrected chi connectivity index (χ0v) is 20.1. The molecule has 0 aliphatic carbocycles. The maximum Gasteiger partial charge on any atom is 0.175 e. The highest BCUT2D eigenvalue weighted by molar-refractivity contribution is 9.10. The molecule has 3 aromatic rings. The van der Waals surface area contributed by atoms with E-state index >= 15 is 0 Å². The summed E-state index contributed by atoms with van der Waals surface area (Å²) in [5, 5.41) is 10.2. The van der Waals surface area contributed by atoms with Crippen LogP contribution in [0.1, 0.15) is 23.6 Å². The van der Waals surface area contributed by atoms with Crippen molar-refractivity contribution in [3.63, 3.8) is 0 Å². The van der Waals surface area contributed by atoms with Gasteiger partial charge in [-0.1, -0.05) is 57.9 Å². The van der Waals surface area contributed by atoms with E-state index < -0.39 is 0 Å². The van der Waals surface area contributed by atoms with Crippen molar-refractivity contribution in [2.24, 2.45) is 0 Å². The van der Waals surface area contributed by atoms with Crippen LogP contribution in [0.4, 0.5) is 0 Å². The molecule has 0 aliphatic heterocycles. The number of allylic oxidation sites excluding steroid dienone is 1. The van der Waals surface area contributed by atoms with E-state index in [4.69, 9.17) is 21.1 Å². The molecule has 0 heterocycles. The number of rotatable bonds is 7. The highest BCUT2D eigenvalue weighted by atomic mass is 79.9. The normalized spacial score (nSPS) is 11.1. The Morgan fingerprint density at radius 2 is 1.80 bits per heavy atom. The Labute approximate surface area is 198 Å². The Morgan fingerprint density at radius 1 is 1.07 bits per heavy atom. The van der Waals surface area contributed by atoms with Crippen LogP contribution >= 0.6 is 43.5 Å². The molecule has 0 aliphatic rings. The minimum atomic E-state index is 0.407. The topological polar surface area (TPSA) is 42.2 Å². The van der Waals surface area contributed by atoms with Crippen LogP contribution in [-0.2, 0) is 6.61 Å². The fraction of sp³-hybridized carbons (Fsp3) is 0.125. The van der Waals surface area contributed by atoms with Gasteiger partial charge in [-0.05, 0) is 70.4 Å². The summed E-state index contributed by atoms with van der Waals surface area (Å²) in [5.41, 5.74) is 3.00. The predicted molar refractivity (Wildman–Crippen MR) is 129 cm³/mol. The van der Waals surface area contributed by atoms with Gasteiger partial charge in [0.25, 0.3) is 0 Å². The first-order valence-corrected chi connectivity index (χ1v) is 11.2. The van der Waals surface area contributed by atoms with Crippen LogP contribution < -0.4 is 9.47 Å². The van der Waals surface area contributed by atoms with Gasteiger partial charge in [0.2, 0.25) is 0 Å². The third kappa shape index (κ3) is 5.66. The molecule has 3 aromatic carbocycles. The highest BCUT2D eigenvalue weighted by Crippen LogP contribution is 2.38. The summed E-state index contributed by atoms with van der Waals surface area (Å²) in [6.45, 7) is 2.81. The van der Waals surface area contributed by atoms with Crippen molar-refractivity contribution in [2.45, 2.75) is 13.5 Å². The molecule has 30 heavy (non-hydrogen) atoms. The van der Waals surface area contributed by atoms with Gasteiger partial charge in [0, 0.05) is 15.1 Å². The molecule has 0 bridgehead atoms. The Hall–Kier alpha value is -2.26. The maximum absolute atomic E-state index is 9.64. The quantitative estimate of drug-likeness (QED) is 0.223. The lowest BCUT2D eigenvalue weighted by Gasteiger charge is -2.15. The molecule has 3 nitrogen and oxygen atoms in total. The van der Waals surface area contributed by atoms with Crippen molar-refractivity contribution in [3.8, 4) is 17.6 Å². The molecule has 0 atom stereocenters. The van der Waals surface area contributed by atoms with Crippen LogP contribution in [0.15, 0.2) is 69.6 Å². The van der Waals surface area contributed by atoms with Crippen molar-refractivity contribution in [2.75, 3.05) is 6.61 Å². The second-order valence-electron chi connectivity index (χ2n) is 6.33. The summed E-state index contributed by atoms with van der Waals surface area (Å²) in [6.07, 6.45) is 1.78. The SMILES string of the molecule is CCOc1cc(C=C(C#N)c2ccccc2Cl)cc(Br)c1OCc1ccc(Br)cc1. The Morgan fingerprint density at radius 3 is 2.47 bits per heavy atom. The molecule has 0 saturated heterocycles. The number of benzene rings is 3. The van der Waals surface area contributed by atoms with Crippen molar-refractivity contribution in [1.82, 2.24) is 0 Å². The predicted octanol–water partition coefficient (Wildman–Crippen LogP) is 7.91. The van der Waals surface area contributed by atoms with Gasteiger partial charge in [0.15, 0.2) is 11.5 Å². The number of nitriles is 1. The molecule has 3 rings (SSSR count). The second kappa shape index (κ2) is 10.7. The van der Waals surface area contributed by atoms with Crippen LogP contribution in [0.25, 0.3) is 11.6 Å². The molecule has 0 spiro atoms. The van der Waals surface area contributed by atoms with E-state index in [0.29, 0.717) is 40.9 Å². The van der Waals surface area contributed by atoms with E-state index in [1.807, 2.05) is 61.5 Å². The van der Waals surface area contributed by atoms with E-state index in [0.717, 1.165) is 20.1 Å². The summed E-state index contributed by atoms with van der Waals surface area (Å²) < 4.78 is 13.6. The van der Waals surface area contributed by atoms with Crippen LogP contribution in [0, 0.1) is 11.3 Å². The summed E-state index contributed by atoms with van der Waals surface area (Å²) >= 11 is 13.3. The number of ether oxygens (including phenoxy) is 2. The Balaban J connectivity index is 1.93. The van der Waals surface area contributed by atoms with Gasteiger partial charge in [-0.15, -0.1) is 0 Å². The summed E-state index contributed by atoms with van der Waals surface area (Å²) in [4.78, 5) is 0. The molecule has 0 radical (unpaired) electrons. The molecular formula is C24H18Br2ClNO2. The minimum Gasteiger partial charge on any atom is -0.490 e. The molecule has 0 N–H and O–H groups in total. The van der Waals surface area contributed by atoms with Gasteiger partial charge in [-0.2, -0.15) is 5.26 Å². The second-order valence-corrected chi connectivity index (χ2v) is 8.51.